The van der Waals surface area contributed by atoms with Gasteiger partial charge in [0, 0.05) is 21.4 Å². The summed E-state index contributed by atoms with van der Waals surface area (Å²) in [5.41, 5.74) is 2.62. The van der Waals surface area contributed by atoms with E-state index in [-0.39, 0.29) is 11.0 Å². The van der Waals surface area contributed by atoms with Crippen molar-refractivity contribution in [2.45, 2.75) is 0 Å². The molecule has 2 aromatic rings. The van der Waals surface area contributed by atoms with Gasteiger partial charge >= 0.3 is 0 Å². The van der Waals surface area contributed by atoms with Gasteiger partial charge in [0.25, 0.3) is 5.91 Å². The Bertz CT molecular complexity index is 788. The molecule has 5 nitrogen and oxygen atoms in total. The minimum atomic E-state index is -0.236. The van der Waals surface area contributed by atoms with Crippen LogP contribution < -0.4 is 20.4 Å². The first kappa shape index (κ1) is 18.8. The second-order valence-corrected chi connectivity index (χ2v) is 7.73. The van der Waals surface area contributed by atoms with Crippen LogP contribution in [0.25, 0.3) is 0 Å². The molecule has 0 bridgehead atoms. The number of nitrogens with one attached hydrogen (secondary N) is 3. The molecule has 136 valence electrons. The summed E-state index contributed by atoms with van der Waals surface area (Å²) >= 11 is 8.61. The van der Waals surface area contributed by atoms with Crippen molar-refractivity contribution < 1.29 is 9.69 Å². The first-order valence-corrected chi connectivity index (χ1v) is 9.75. The third-order valence-electron chi connectivity index (χ3n) is 4.42. The lowest BCUT2D eigenvalue weighted by molar-refractivity contribution is -0.880. The van der Waals surface area contributed by atoms with Gasteiger partial charge in [0.1, 0.15) is 0 Å². The van der Waals surface area contributed by atoms with Gasteiger partial charge in [-0.3, -0.25) is 10.1 Å². The van der Waals surface area contributed by atoms with Crippen molar-refractivity contribution in [3.05, 3.63) is 58.6 Å². The van der Waals surface area contributed by atoms with Crippen molar-refractivity contribution in [2.75, 3.05) is 43.4 Å². The number of carbonyl (C=O) groups excluding carboxylic acids is 1. The summed E-state index contributed by atoms with van der Waals surface area (Å²) in [6.45, 7) is 4.46. The van der Waals surface area contributed by atoms with Gasteiger partial charge in [0.2, 0.25) is 0 Å². The average Bonchev–Trinajstić information content (AvgIpc) is 2.63. The van der Waals surface area contributed by atoms with E-state index in [4.69, 9.17) is 12.2 Å². The van der Waals surface area contributed by atoms with Gasteiger partial charge in [-0.15, -0.1) is 0 Å². The Morgan fingerprint density at radius 3 is 2.50 bits per heavy atom. The van der Waals surface area contributed by atoms with Crippen LogP contribution in [-0.4, -0.2) is 44.2 Å². The molecule has 0 unspecified atom stereocenters. The minimum absolute atomic E-state index is 0.236. The molecule has 1 aliphatic heterocycles. The molecule has 1 amide bonds. The number of piperazine rings is 1. The summed E-state index contributed by atoms with van der Waals surface area (Å²) in [6.07, 6.45) is 0. The molecule has 1 aliphatic rings. The Morgan fingerprint density at radius 1 is 1.15 bits per heavy atom. The van der Waals surface area contributed by atoms with Crippen molar-refractivity contribution in [2.24, 2.45) is 0 Å². The van der Waals surface area contributed by atoms with Crippen LogP contribution in [0.1, 0.15) is 10.4 Å². The first-order chi connectivity index (χ1) is 12.5. The number of halogens is 1. The minimum Gasteiger partial charge on any atom is -0.360 e. The molecule has 0 aromatic heterocycles. The zero-order valence-electron chi connectivity index (χ0n) is 14.6. The number of benzene rings is 2. The summed E-state index contributed by atoms with van der Waals surface area (Å²) in [6, 6.07) is 15.3. The van der Waals surface area contributed by atoms with E-state index >= 15 is 0 Å². The Hall–Kier alpha value is -1.96. The van der Waals surface area contributed by atoms with Gasteiger partial charge in [-0.2, -0.15) is 0 Å². The largest absolute Gasteiger partial charge is 0.360 e. The zero-order chi connectivity index (χ0) is 18.5. The summed E-state index contributed by atoms with van der Waals surface area (Å²) in [7, 11) is 2.23. The van der Waals surface area contributed by atoms with Crippen molar-refractivity contribution in [1.82, 2.24) is 5.32 Å². The van der Waals surface area contributed by atoms with Crippen LogP contribution in [0.15, 0.2) is 53.0 Å². The fraction of sp³-hybridized carbons (Fsp3) is 0.263. The summed E-state index contributed by atoms with van der Waals surface area (Å²) in [5.74, 6) is -0.236. The fourth-order valence-corrected chi connectivity index (χ4v) is 3.48. The highest BCUT2D eigenvalue weighted by atomic mass is 79.9. The summed E-state index contributed by atoms with van der Waals surface area (Å²) < 4.78 is 0.852. The monoisotopic (exact) mass is 433 g/mol. The van der Waals surface area contributed by atoms with Gasteiger partial charge in [0.05, 0.1) is 33.2 Å². The lowest BCUT2D eigenvalue weighted by Gasteiger charge is -2.31. The number of anilines is 2. The highest BCUT2D eigenvalue weighted by Crippen LogP contribution is 2.18. The molecule has 0 radical (unpaired) electrons. The fourth-order valence-electron chi connectivity index (χ4n) is 2.87. The highest BCUT2D eigenvalue weighted by molar-refractivity contribution is 9.10. The van der Waals surface area contributed by atoms with E-state index in [1.807, 2.05) is 24.3 Å². The zero-order valence-corrected chi connectivity index (χ0v) is 17.0. The second-order valence-electron chi connectivity index (χ2n) is 6.41. The Labute approximate surface area is 167 Å². The maximum Gasteiger partial charge on any atom is 0.257 e. The molecule has 26 heavy (non-hydrogen) atoms. The number of thiocarbonyl (C=S) groups is 1. The molecule has 1 fully saturated rings. The maximum atomic E-state index is 12.2. The van der Waals surface area contributed by atoms with Crippen LogP contribution in [-0.2, 0) is 0 Å². The smallest absolute Gasteiger partial charge is 0.257 e. The van der Waals surface area contributed by atoms with Crippen molar-refractivity contribution in [3.63, 3.8) is 0 Å². The van der Waals surface area contributed by atoms with E-state index in [0.717, 1.165) is 36.3 Å². The number of rotatable bonds is 3. The molecule has 7 heteroatoms. The number of nitrogens with zero attached hydrogens (tertiary/aromatic N) is 1. The number of carbonyl (C=O) groups is 1. The molecule has 2 aromatic carbocycles. The number of likely N-dealkylation sites (N-methyl/N-ethyl adjacent to an activating group) is 1. The Morgan fingerprint density at radius 2 is 1.85 bits per heavy atom. The molecule has 0 spiro atoms. The van der Waals surface area contributed by atoms with Crippen molar-refractivity contribution in [1.29, 1.82) is 0 Å². The van der Waals surface area contributed by atoms with E-state index in [9.17, 15) is 4.79 Å². The maximum absolute atomic E-state index is 12.2. The molecule has 0 aliphatic carbocycles. The number of quaternary nitrogens is 1. The quantitative estimate of drug-likeness (QED) is 0.647. The van der Waals surface area contributed by atoms with Crippen LogP contribution in [0.4, 0.5) is 11.4 Å². The number of hydrogen-bond donors (Lipinski definition) is 3. The van der Waals surface area contributed by atoms with Crippen LogP contribution in [0.5, 0.6) is 0 Å². The lowest BCUT2D eigenvalue weighted by atomic mass is 10.2. The molecule has 0 saturated carbocycles. The average molecular weight is 434 g/mol. The van der Waals surface area contributed by atoms with Crippen molar-refractivity contribution in [3.8, 4) is 0 Å². The van der Waals surface area contributed by atoms with Gasteiger partial charge in [-0.25, -0.2) is 0 Å². The highest BCUT2D eigenvalue weighted by Gasteiger charge is 2.16. The SMILES string of the molecule is C[NH+]1CCN(c2ccc(NC(=S)NC(=O)c3cccc(Br)c3)cc2)CC1. The normalized spacial score (nSPS) is 14.8. The topological polar surface area (TPSA) is 48.8 Å². The van der Waals surface area contributed by atoms with Gasteiger partial charge in [0.15, 0.2) is 5.11 Å². The van der Waals surface area contributed by atoms with E-state index in [2.05, 4.69) is 50.6 Å². The molecular formula is C19H22BrN4OS+. The predicted molar refractivity (Wildman–Crippen MR) is 113 cm³/mol. The molecule has 3 rings (SSSR count). The summed E-state index contributed by atoms with van der Waals surface area (Å²) in [4.78, 5) is 16.2. The molecule has 1 saturated heterocycles. The predicted octanol–water partition coefficient (Wildman–Crippen LogP) is 1.91. The van der Waals surface area contributed by atoms with Crippen molar-refractivity contribution >= 4 is 50.5 Å². The van der Waals surface area contributed by atoms with Crippen LogP contribution in [0.3, 0.4) is 0 Å². The standard InChI is InChI=1S/C19H21BrN4OS/c1-23-9-11-24(12-10-23)17-7-5-16(6-8-17)21-19(26)22-18(25)14-3-2-4-15(20)13-14/h2-8,13H,9-12H2,1H3,(H2,21,22,25,26)/p+1. The molecule has 1 heterocycles. The third kappa shape index (κ3) is 5.03. The second kappa shape index (κ2) is 8.62. The third-order valence-corrected chi connectivity index (χ3v) is 5.12. The summed E-state index contributed by atoms with van der Waals surface area (Å²) in [5, 5.41) is 6.04. The number of amides is 1. The molecule has 3 N–H and O–H groups in total. The first-order valence-electron chi connectivity index (χ1n) is 8.55. The Kier molecular flexibility index (Phi) is 6.24. The van der Waals surface area contributed by atoms with Crippen LogP contribution >= 0.6 is 28.1 Å². The van der Waals surface area contributed by atoms with Gasteiger partial charge in [-0.1, -0.05) is 22.0 Å². The van der Waals surface area contributed by atoms with E-state index < -0.39 is 0 Å². The van der Waals surface area contributed by atoms with Crippen LogP contribution in [0.2, 0.25) is 0 Å². The van der Waals surface area contributed by atoms with E-state index in [1.54, 1.807) is 17.0 Å². The van der Waals surface area contributed by atoms with Gasteiger partial charge in [-0.05, 0) is 54.7 Å². The van der Waals surface area contributed by atoms with E-state index in [1.165, 1.54) is 5.69 Å². The number of hydrogen-bond acceptors (Lipinski definition) is 3. The van der Waals surface area contributed by atoms with Gasteiger partial charge < -0.3 is 15.1 Å². The molecular weight excluding hydrogens is 412 g/mol. The molecule has 0 atom stereocenters. The Balaban J connectivity index is 1.55. The van der Waals surface area contributed by atoms with E-state index in [0.29, 0.717) is 5.56 Å². The lowest BCUT2D eigenvalue weighted by Crippen LogP contribution is -3.12. The van der Waals surface area contributed by atoms with Crippen LogP contribution in [0, 0.1) is 0 Å².